The zero-order valence-corrected chi connectivity index (χ0v) is 19.3. The number of unbranched alkanes of at least 4 members (excludes halogenated alkanes) is 11. The molecule has 0 fully saturated rings. The summed E-state index contributed by atoms with van der Waals surface area (Å²) in [6.45, 7) is 3.47. The number of rotatable bonds is 15. The summed E-state index contributed by atoms with van der Waals surface area (Å²) in [5.74, 6) is 1.07. The molecular formula is C25H44ClNO. The average molecular weight is 410 g/mol. The zero-order valence-electron chi connectivity index (χ0n) is 18.4. The van der Waals surface area contributed by atoms with E-state index in [-0.39, 0.29) is 12.4 Å². The van der Waals surface area contributed by atoms with Crippen LogP contribution in [0.2, 0.25) is 0 Å². The first-order valence-corrected chi connectivity index (χ1v) is 11.7. The van der Waals surface area contributed by atoms with Crippen molar-refractivity contribution in [2.75, 3.05) is 13.7 Å². The van der Waals surface area contributed by atoms with Gasteiger partial charge in [0.05, 0.1) is 7.11 Å². The fraction of sp³-hybridized carbons (Fsp3) is 0.760. The standard InChI is InChI=1S/C25H43NO.ClH/c1-3-4-5-6-7-8-9-10-11-12-13-14-20-26-23-19-18-22-16-15-17-25(27-2)24(22)21-23;/h15-17,23,26H,3-14,18-21H2,1-2H3;1H. The Morgan fingerprint density at radius 3 is 2.11 bits per heavy atom. The lowest BCUT2D eigenvalue weighted by atomic mass is 9.87. The number of halogens is 1. The van der Waals surface area contributed by atoms with Crippen LogP contribution < -0.4 is 10.1 Å². The van der Waals surface area contributed by atoms with Crippen LogP contribution in [-0.2, 0) is 12.8 Å². The van der Waals surface area contributed by atoms with Crippen LogP contribution in [0.1, 0.15) is 102 Å². The summed E-state index contributed by atoms with van der Waals surface area (Å²) in [5, 5.41) is 3.79. The molecule has 1 atom stereocenters. The van der Waals surface area contributed by atoms with Crippen molar-refractivity contribution >= 4 is 12.4 Å². The summed E-state index contributed by atoms with van der Waals surface area (Å²) in [5.41, 5.74) is 2.91. The van der Waals surface area contributed by atoms with E-state index in [2.05, 4.69) is 30.4 Å². The molecule has 2 nitrogen and oxygen atoms in total. The Labute approximate surface area is 180 Å². The van der Waals surface area contributed by atoms with E-state index in [4.69, 9.17) is 4.74 Å². The van der Waals surface area contributed by atoms with E-state index in [0.29, 0.717) is 6.04 Å². The summed E-state index contributed by atoms with van der Waals surface area (Å²) in [7, 11) is 1.79. The molecule has 0 bridgehead atoms. The normalized spacial score (nSPS) is 15.7. The Hall–Kier alpha value is -0.730. The third kappa shape index (κ3) is 9.65. The van der Waals surface area contributed by atoms with Crippen LogP contribution in [-0.4, -0.2) is 19.7 Å². The van der Waals surface area contributed by atoms with Gasteiger partial charge in [-0.25, -0.2) is 0 Å². The number of hydrogen-bond donors (Lipinski definition) is 1. The molecule has 3 heteroatoms. The van der Waals surface area contributed by atoms with Crippen LogP contribution >= 0.6 is 12.4 Å². The van der Waals surface area contributed by atoms with Crippen LogP contribution in [0.25, 0.3) is 0 Å². The van der Waals surface area contributed by atoms with E-state index in [1.165, 1.54) is 108 Å². The van der Waals surface area contributed by atoms with E-state index >= 15 is 0 Å². The number of aryl methyl sites for hydroxylation is 1. The van der Waals surface area contributed by atoms with E-state index in [1.807, 2.05) is 0 Å². The van der Waals surface area contributed by atoms with Crippen LogP contribution in [0.5, 0.6) is 5.75 Å². The quantitative estimate of drug-likeness (QED) is 0.307. The molecule has 0 spiro atoms. The maximum absolute atomic E-state index is 5.56. The predicted octanol–water partition coefficient (Wildman–Crippen LogP) is 7.27. The monoisotopic (exact) mass is 409 g/mol. The smallest absolute Gasteiger partial charge is 0.122 e. The first kappa shape index (κ1) is 25.3. The van der Waals surface area contributed by atoms with Crippen LogP contribution in [0.15, 0.2) is 18.2 Å². The molecule has 1 unspecified atom stereocenters. The number of fused-ring (bicyclic) bond motifs is 1. The molecule has 162 valence electrons. The van der Waals surface area contributed by atoms with Crippen LogP contribution in [0.3, 0.4) is 0 Å². The van der Waals surface area contributed by atoms with Crippen molar-refractivity contribution in [3.05, 3.63) is 29.3 Å². The highest BCUT2D eigenvalue weighted by Crippen LogP contribution is 2.29. The van der Waals surface area contributed by atoms with Crippen molar-refractivity contribution in [3.8, 4) is 5.75 Å². The van der Waals surface area contributed by atoms with Gasteiger partial charge in [-0.1, -0.05) is 89.7 Å². The molecule has 0 radical (unpaired) electrons. The third-order valence-electron chi connectivity index (χ3n) is 6.13. The van der Waals surface area contributed by atoms with Gasteiger partial charge in [-0.2, -0.15) is 0 Å². The average Bonchev–Trinajstić information content (AvgIpc) is 2.71. The Morgan fingerprint density at radius 2 is 1.50 bits per heavy atom. The second kappa shape index (κ2) is 16.1. The van der Waals surface area contributed by atoms with Gasteiger partial charge in [0.25, 0.3) is 0 Å². The third-order valence-corrected chi connectivity index (χ3v) is 6.13. The topological polar surface area (TPSA) is 21.3 Å². The number of nitrogens with one attached hydrogen (secondary N) is 1. The molecule has 0 saturated heterocycles. The highest BCUT2D eigenvalue weighted by atomic mass is 35.5. The first-order chi connectivity index (χ1) is 13.3. The summed E-state index contributed by atoms with van der Waals surface area (Å²) in [4.78, 5) is 0. The highest BCUT2D eigenvalue weighted by molar-refractivity contribution is 5.85. The molecule has 1 aromatic carbocycles. The Morgan fingerprint density at radius 1 is 0.893 bits per heavy atom. The van der Waals surface area contributed by atoms with E-state index < -0.39 is 0 Å². The molecule has 28 heavy (non-hydrogen) atoms. The molecule has 1 N–H and O–H groups in total. The summed E-state index contributed by atoms with van der Waals surface area (Å²) >= 11 is 0. The number of hydrogen-bond acceptors (Lipinski definition) is 2. The van der Waals surface area contributed by atoms with Gasteiger partial charge in [-0.3, -0.25) is 0 Å². The van der Waals surface area contributed by atoms with Gasteiger partial charge in [0.15, 0.2) is 0 Å². The zero-order chi connectivity index (χ0) is 19.2. The largest absolute Gasteiger partial charge is 0.496 e. The molecule has 1 aliphatic rings. The minimum atomic E-state index is 0. The molecule has 0 aromatic heterocycles. The van der Waals surface area contributed by atoms with Crippen molar-refractivity contribution in [3.63, 3.8) is 0 Å². The van der Waals surface area contributed by atoms with Gasteiger partial charge in [-0.05, 0) is 49.4 Å². The van der Waals surface area contributed by atoms with Crippen molar-refractivity contribution in [1.29, 1.82) is 0 Å². The Balaban J connectivity index is 0.00000392. The lowest BCUT2D eigenvalue weighted by Gasteiger charge is -2.27. The lowest BCUT2D eigenvalue weighted by Crippen LogP contribution is -2.35. The SMILES string of the molecule is CCCCCCCCCCCCCCNC1CCc2cccc(OC)c2C1.Cl. The molecule has 2 rings (SSSR count). The van der Waals surface area contributed by atoms with Gasteiger partial charge in [-0.15, -0.1) is 12.4 Å². The van der Waals surface area contributed by atoms with Crippen molar-refractivity contribution in [2.45, 2.75) is 109 Å². The van der Waals surface area contributed by atoms with E-state index in [9.17, 15) is 0 Å². The van der Waals surface area contributed by atoms with Gasteiger partial charge >= 0.3 is 0 Å². The molecule has 0 aliphatic heterocycles. The maximum Gasteiger partial charge on any atom is 0.122 e. The Bertz CT molecular complexity index is 491. The van der Waals surface area contributed by atoms with Crippen molar-refractivity contribution in [1.82, 2.24) is 5.32 Å². The molecule has 0 amide bonds. The summed E-state index contributed by atoms with van der Waals surface area (Å²) < 4.78 is 5.56. The molecule has 1 aromatic rings. The maximum atomic E-state index is 5.56. The van der Waals surface area contributed by atoms with Gasteiger partial charge in [0.1, 0.15) is 5.75 Å². The van der Waals surface area contributed by atoms with Crippen molar-refractivity contribution in [2.24, 2.45) is 0 Å². The number of ether oxygens (including phenoxy) is 1. The number of methoxy groups -OCH3 is 1. The fourth-order valence-corrected chi connectivity index (χ4v) is 4.39. The Kier molecular flexibility index (Phi) is 14.6. The van der Waals surface area contributed by atoms with Gasteiger partial charge in [0, 0.05) is 6.04 Å². The van der Waals surface area contributed by atoms with Crippen LogP contribution in [0, 0.1) is 0 Å². The lowest BCUT2D eigenvalue weighted by molar-refractivity contribution is 0.392. The summed E-state index contributed by atoms with van der Waals surface area (Å²) in [6, 6.07) is 7.12. The van der Waals surface area contributed by atoms with Crippen molar-refractivity contribution < 1.29 is 4.74 Å². The van der Waals surface area contributed by atoms with Gasteiger partial charge < -0.3 is 10.1 Å². The number of benzene rings is 1. The predicted molar refractivity (Wildman–Crippen MR) is 125 cm³/mol. The summed E-state index contributed by atoms with van der Waals surface area (Å²) in [6.07, 6.45) is 20.6. The highest BCUT2D eigenvalue weighted by Gasteiger charge is 2.20. The molecule has 0 heterocycles. The molecule has 0 saturated carbocycles. The minimum Gasteiger partial charge on any atom is -0.496 e. The second-order valence-electron chi connectivity index (χ2n) is 8.38. The first-order valence-electron chi connectivity index (χ1n) is 11.7. The molecular weight excluding hydrogens is 366 g/mol. The minimum absolute atomic E-state index is 0. The van der Waals surface area contributed by atoms with E-state index in [0.717, 1.165) is 12.2 Å². The van der Waals surface area contributed by atoms with E-state index in [1.54, 1.807) is 7.11 Å². The second-order valence-corrected chi connectivity index (χ2v) is 8.38. The van der Waals surface area contributed by atoms with Gasteiger partial charge in [0.2, 0.25) is 0 Å². The van der Waals surface area contributed by atoms with Crippen LogP contribution in [0.4, 0.5) is 0 Å². The molecule has 1 aliphatic carbocycles. The fourth-order valence-electron chi connectivity index (χ4n) is 4.39.